The highest BCUT2D eigenvalue weighted by Crippen LogP contribution is 2.09. The second kappa shape index (κ2) is 6.70. The number of hydrogen-bond donors (Lipinski definition) is 0. The average Bonchev–Trinajstić information content (AvgIpc) is 2.78. The molecule has 1 aromatic heterocycles. The van der Waals surface area contributed by atoms with Gasteiger partial charge in [0.25, 0.3) is 0 Å². The van der Waals surface area contributed by atoms with Crippen molar-refractivity contribution in [1.82, 2.24) is 15.0 Å². The summed E-state index contributed by atoms with van der Waals surface area (Å²) >= 11 is 0. The molecular weight excluding hydrogens is 242 g/mol. The Kier molecular flexibility index (Phi) is 5.25. The van der Waals surface area contributed by atoms with Gasteiger partial charge in [-0.15, -0.1) is 5.10 Å². The third-order valence-corrected chi connectivity index (χ3v) is 2.26. The molecule has 100 valence electrons. The molecule has 1 rings (SSSR count). The molecule has 1 aromatic rings. The van der Waals surface area contributed by atoms with Gasteiger partial charge in [-0.05, 0) is 0 Å². The summed E-state index contributed by atoms with van der Waals surface area (Å²) < 4.78 is 15.5. The van der Waals surface area contributed by atoms with Crippen LogP contribution in [0.1, 0.15) is 16.2 Å². The van der Waals surface area contributed by atoms with Crippen molar-refractivity contribution >= 4 is 11.9 Å². The van der Waals surface area contributed by atoms with E-state index in [4.69, 9.17) is 4.74 Å². The van der Waals surface area contributed by atoms with Crippen LogP contribution in [-0.2, 0) is 32.0 Å². The molecule has 1 heterocycles. The van der Waals surface area contributed by atoms with Crippen LogP contribution in [0.4, 0.5) is 0 Å². The predicted molar refractivity (Wildman–Crippen MR) is 59.0 cm³/mol. The van der Waals surface area contributed by atoms with Crippen molar-refractivity contribution in [3.63, 3.8) is 0 Å². The number of ether oxygens (including phenoxy) is 3. The lowest BCUT2D eigenvalue weighted by Crippen LogP contribution is -2.16. The first-order chi connectivity index (χ1) is 8.63. The topological polar surface area (TPSA) is 92.5 Å². The Balaban J connectivity index is 3.00. The molecule has 0 amide bonds. The Bertz CT molecular complexity index is 429. The molecule has 0 spiro atoms. The van der Waals surface area contributed by atoms with Gasteiger partial charge in [-0.3, -0.25) is 4.79 Å². The van der Waals surface area contributed by atoms with Gasteiger partial charge in [0.15, 0.2) is 5.69 Å². The molecule has 0 aliphatic heterocycles. The van der Waals surface area contributed by atoms with Crippen LogP contribution in [-0.4, -0.2) is 54.9 Å². The van der Waals surface area contributed by atoms with E-state index in [1.807, 2.05) is 0 Å². The van der Waals surface area contributed by atoms with Gasteiger partial charge in [0.2, 0.25) is 0 Å². The molecule has 18 heavy (non-hydrogen) atoms. The third-order valence-electron chi connectivity index (χ3n) is 2.26. The van der Waals surface area contributed by atoms with Gasteiger partial charge in [-0.2, -0.15) is 0 Å². The summed E-state index contributed by atoms with van der Waals surface area (Å²) in [6.07, 6.45) is -0.0996. The number of carbonyl (C=O) groups is 2. The third kappa shape index (κ3) is 3.27. The maximum atomic E-state index is 11.5. The minimum Gasteiger partial charge on any atom is -0.469 e. The molecule has 0 unspecified atom stereocenters. The minimum atomic E-state index is -0.641. The molecule has 0 aromatic carbocycles. The standard InChI is InChI=1S/C10H15N3O5/c1-16-5-4-13-7(6-8(14)17-2)9(11-12-13)10(15)18-3/h4-6H2,1-3H3. The predicted octanol–water partition coefficient (Wildman–Crippen LogP) is -0.573. The normalized spacial score (nSPS) is 10.2. The van der Waals surface area contributed by atoms with Crippen molar-refractivity contribution in [3.05, 3.63) is 11.4 Å². The molecule has 0 aliphatic carbocycles. The number of rotatable bonds is 6. The average molecular weight is 257 g/mol. The molecule has 0 aliphatic rings. The molecule has 0 fully saturated rings. The van der Waals surface area contributed by atoms with Crippen molar-refractivity contribution in [2.75, 3.05) is 27.9 Å². The van der Waals surface area contributed by atoms with Crippen LogP contribution in [0.2, 0.25) is 0 Å². The summed E-state index contributed by atoms with van der Waals surface area (Å²) in [7, 11) is 4.04. The molecule has 0 N–H and O–H groups in total. The van der Waals surface area contributed by atoms with Gasteiger partial charge in [-0.25, -0.2) is 9.48 Å². The second-order valence-electron chi connectivity index (χ2n) is 3.35. The summed E-state index contributed by atoms with van der Waals surface area (Å²) in [4.78, 5) is 22.8. The van der Waals surface area contributed by atoms with E-state index in [9.17, 15) is 9.59 Å². The van der Waals surface area contributed by atoms with Crippen LogP contribution in [0.15, 0.2) is 0 Å². The van der Waals surface area contributed by atoms with E-state index in [0.29, 0.717) is 18.8 Å². The van der Waals surface area contributed by atoms with Crippen LogP contribution in [0.3, 0.4) is 0 Å². The minimum absolute atomic E-state index is 0.0130. The van der Waals surface area contributed by atoms with E-state index >= 15 is 0 Å². The van der Waals surface area contributed by atoms with Crippen molar-refractivity contribution < 1.29 is 23.8 Å². The van der Waals surface area contributed by atoms with Gasteiger partial charge in [-0.1, -0.05) is 5.21 Å². The molecule has 0 saturated heterocycles. The Morgan fingerprint density at radius 2 is 1.94 bits per heavy atom. The van der Waals surface area contributed by atoms with Gasteiger partial charge >= 0.3 is 11.9 Å². The van der Waals surface area contributed by atoms with Crippen molar-refractivity contribution in [2.45, 2.75) is 13.0 Å². The first-order valence-corrected chi connectivity index (χ1v) is 5.20. The van der Waals surface area contributed by atoms with Gasteiger partial charge in [0.05, 0.1) is 39.5 Å². The number of nitrogens with zero attached hydrogens (tertiary/aromatic N) is 3. The van der Waals surface area contributed by atoms with E-state index in [2.05, 4.69) is 19.8 Å². The Hall–Kier alpha value is -1.96. The number of aromatic nitrogens is 3. The number of hydrogen-bond acceptors (Lipinski definition) is 7. The zero-order chi connectivity index (χ0) is 13.5. The largest absolute Gasteiger partial charge is 0.469 e. The molecule has 0 radical (unpaired) electrons. The first-order valence-electron chi connectivity index (χ1n) is 5.20. The number of esters is 2. The van der Waals surface area contributed by atoms with Crippen molar-refractivity contribution in [2.24, 2.45) is 0 Å². The summed E-state index contributed by atoms with van der Waals surface area (Å²) in [6, 6.07) is 0. The highest BCUT2D eigenvalue weighted by Gasteiger charge is 2.22. The molecular formula is C10H15N3O5. The Morgan fingerprint density at radius 1 is 1.22 bits per heavy atom. The Morgan fingerprint density at radius 3 is 2.50 bits per heavy atom. The zero-order valence-electron chi connectivity index (χ0n) is 10.5. The van der Waals surface area contributed by atoms with Gasteiger partial charge < -0.3 is 14.2 Å². The quantitative estimate of drug-likeness (QED) is 0.630. The van der Waals surface area contributed by atoms with Crippen LogP contribution < -0.4 is 0 Å². The lowest BCUT2D eigenvalue weighted by molar-refractivity contribution is -0.139. The molecule has 0 bridgehead atoms. The summed E-state index contributed by atoms with van der Waals surface area (Å²) in [5.41, 5.74) is 0.366. The maximum Gasteiger partial charge on any atom is 0.360 e. The fourth-order valence-electron chi connectivity index (χ4n) is 1.33. The monoisotopic (exact) mass is 257 g/mol. The smallest absolute Gasteiger partial charge is 0.360 e. The lowest BCUT2D eigenvalue weighted by Gasteiger charge is -2.05. The summed E-state index contributed by atoms with van der Waals surface area (Å²) in [6.45, 7) is 0.769. The first kappa shape index (κ1) is 14.1. The number of carbonyl (C=O) groups excluding carboxylic acids is 2. The highest BCUT2D eigenvalue weighted by atomic mass is 16.5. The Labute approximate surface area is 104 Å². The van der Waals surface area contributed by atoms with Crippen LogP contribution >= 0.6 is 0 Å². The molecule has 8 heteroatoms. The van der Waals surface area contributed by atoms with E-state index in [-0.39, 0.29) is 12.1 Å². The van der Waals surface area contributed by atoms with E-state index in [0.717, 1.165) is 0 Å². The number of methoxy groups -OCH3 is 3. The lowest BCUT2D eigenvalue weighted by atomic mass is 10.2. The van der Waals surface area contributed by atoms with Crippen molar-refractivity contribution in [1.29, 1.82) is 0 Å². The zero-order valence-corrected chi connectivity index (χ0v) is 10.5. The molecule has 0 saturated carbocycles. The highest BCUT2D eigenvalue weighted by molar-refractivity contribution is 5.89. The molecule has 8 nitrogen and oxygen atoms in total. The van der Waals surface area contributed by atoms with E-state index in [1.165, 1.54) is 26.0 Å². The SMILES string of the molecule is COCCn1nnc(C(=O)OC)c1CC(=O)OC. The van der Waals surface area contributed by atoms with E-state index < -0.39 is 11.9 Å². The van der Waals surface area contributed by atoms with Gasteiger partial charge in [0, 0.05) is 7.11 Å². The summed E-state index contributed by atoms with van der Waals surface area (Å²) in [5, 5.41) is 7.49. The van der Waals surface area contributed by atoms with E-state index in [1.54, 1.807) is 0 Å². The molecule has 0 atom stereocenters. The second-order valence-corrected chi connectivity index (χ2v) is 3.35. The maximum absolute atomic E-state index is 11.5. The van der Waals surface area contributed by atoms with Crippen LogP contribution in [0, 0.1) is 0 Å². The van der Waals surface area contributed by atoms with Crippen LogP contribution in [0.25, 0.3) is 0 Å². The fraction of sp³-hybridized carbons (Fsp3) is 0.600. The van der Waals surface area contributed by atoms with Crippen LogP contribution in [0.5, 0.6) is 0 Å². The summed E-state index contributed by atoms with van der Waals surface area (Å²) in [5.74, 6) is -1.13. The van der Waals surface area contributed by atoms with Gasteiger partial charge in [0.1, 0.15) is 0 Å². The fourth-order valence-corrected chi connectivity index (χ4v) is 1.33. The van der Waals surface area contributed by atoms with Crippen molar-refractivity contribution in [3.8, 4) is 0 Å².